The number of pyridine rings is 1. The average Bonchev–Trinajstić information content (AvgIpc) is 2.66. The highest BCUT2D eigenvalue weighted by molar-refractivity contribution is 6.33. The maximum Gasteiger partial charge on any atom is 0.156 e. The van der Waals surface area contributed by atoms with Crippen molar-refractivity contribution >= 4 is 22.9 Å². The average molecular weight is 250 g/mol. The fourth-order valence-electron chi connectivity index (χ4n) is 2.57. The van der Waals surface area contributed by atoms with E-state index in [1.54, 1.807) is 0 Å². The molecule has 0 aromatic carbocycles. The molecule has 90 valence electrons. The fourth-order valence-corrected chi connectivity index (χ4v) is 2.81. The molecule has 3 nitrogen and oxygen atoms in total. The number of halogens is 1. The Kier molecular flexibility index (Phi) is 2.33. The number of imidazole rings is 1. The maximum atomic E-state index is 6.27. The molecule has 17 heavy (non-hydrogen) atoms. The number of anilines is 1. The van der Waals surface area contributed by atoms with E-state index in [2.05, 4.69) is 34.7 Å². The molecule has 0 amide bonds. The van der Waals surface area contributed by atoms with Gasteiger partial charge in [-0.1, -0.05) is 25.4 Å². The lowest BCUT2D eigenvalue weighted by Crippen LogP contribution is -2.26. The molecule has 0 saturated carbocycles. The minimum absolute atomic E-state index is 0.514. The second-order valence-electron chi connectivity index (χ2n) is 5.01. The highest BCUT2D eigenvalue weighted by atomic mass is 35.5. The summed E-state index contributed by atoms with van der Waals surface area (Å²) in [6.45, 7) is 7.54. The molecule has 4 heteroatoms. The van der Waals surface area contributed by atoms with Gasteiger partial charge in [0.1, 0.15) is 0 Å². The van der Waals surface area contributed by atoms with E-state index >= 15 is 0 Å². The minimum Gasteiger partial charge on any atom is -0.383 e. The zero-order chi connectivity index (χ0) is 12.2. The number of hydrogen-bond donors (Lipinski definition) is 1. The monoisotopic (exact) mass is 249 g/mol. The molecule has 1 aliphatic heterocycles. The molecule has 2 atom stereocenters. The van der Waals surface area contributed by atoms with Crippen LogP contribution in [-0.2, 0) is 0 Å². The van der Waals surface area contributed by atoms with Crippen LogP contribution < -0.4 is 5.32 Å². The van der Waals surface area contributed by atoms with Crippen LogP contribution in [0.15, 0.2) is 12.3 Å². The van der Waals surface area contributed by atoms with Crippen molar-refractivity contribution in [2.45, 2.75) is 26.7 Å². The minimum atomic E-state index is 0.514. The van der Waals surface area contributed by atoms with Crippen LogP contribution in [0.5, 0.6) is 0 Å². The summed E-state index contributed by atoms with van der Waals surface area (Å²) in [5.74, 6) is 1.13. The Morgan fingerprint density at radius 3 is 3.00 bits per heavy atom. The van der Waals surface area contributed by atoms with Gasteiger partial charge in [0.25, 0.3) is 0 Å². The molecule has 0 spiro atoms. The number of hydrogen-bond acceptors (Lipinski definition) is 2. The van der Waals surface area contributed by atoms with Gasteiger partial charge in [-0.3, -0.25) is 0 Å². The highest BCUT2D eigenvalue weighted by Crippen LogP contribution is 2.37. The van der Waals surface area contributed by atoms with E-state index in [0.29, 0.717) is 16.9 Å². The van der Waals surface area contributed by atoms with E-state index in [1.165, 1.54) is 5.69 Å². The molecule has 1 aliphatic rings. The lowest BCUT2D eigenvalue weighted by atomic mass is 9.88. The summed E-state index contributed by atoms with van der Waals surface area (Å²) in [4.78, 5) is 4.48. The number of nitrogens with one attached hydrogen (secondary N) is 1. The molecule has 1 N–H and O–H groups in total. The first-order valence-electron chi connectivity index (χ1n) is 6.00. The molecule has 3 heterocycles. The molecule has 0 saturated heterocycles. The van der Waals surface area contributed by atoms with Crippen molar-refractivity contribution in [1.82, 2.24) is 9.38 Å². The van der Waals surface area contributed by atoms with Gasteiger partial charge in [-0.25, -0.2) is 4.98 Å². The number of aromatic nitrogens is 2. The Balaban J connectivity index is 2.36. The third-order valence-corrected chi connectivity index (χ3v) is 4.02. The van der Waals surface area contributed by atoms with Crippen molar-refractivity contribution in [3.63, 3.8) is 0 Å². The van der Waals surface area contributed by atoms with Crippen LogP contribution in [0, 0.1) is 12.8 Å². The Bertz CT molecular complexity index is 588. The van der Waals surface area contributed by atoms with E-state index in [-0.39, 0.29) is 0 Å². The van der Waals surface area contributed by atoms with E-state index in [9.17, 15) is 0 Å². The molecule has 2 aromatic rings. The first-order chi connectivity index (χ1) is 8.08. The van der Waals surface area contributed by atoms with Crippen molar-refractivity contribution in [2.24, 2.45) is 5.92 Å². The van der Waals surface area contributed by atoms with Crippen LogP contribution in [0.1, 0.15) is 31.2 Å². The van der Waals surface area contributed by atoms with Crippen LogP contribution in [-0.4, -0.2) is 15.9 Å². The van der Waals surface area contributed by atoms with Crippen molar-refractivity contribution in [1.29, 1.82) is 0 Å². The summed E-state index contributed by atoms with van der Waals surface area (Å²) in [6, 6.07) is 2.00. The summed E-state index contributed by atoms with van der Waals surface area (Å²) in [5.41, 5.74) is 4.31. The van der Waals surface area contributed by atoms with Gasteiger partial charge < -0.3 is 9.72 Å². The molecule has 3 rings (SSSR count). The Morgan fingerprint density at radius 2 is 2.24 bits per heavy atom. The van der Waals surface area contributed by atoms with Crippen LogP contribution in [0.4, 0.5) is 5.69 Å². The van der Waals surface area contributed by atoms with Gasteiger partial charge in [-0.05, 0) is 18.9 Å². The predicted molar refractivity (Wildman–Crippen MR) is 71.0 cm³/mol. The van der Waals surface area contributed by atoms with Gasteiger partial charge in [-0.2, -0.15) is 0 Å². The maximum absolute atomic E-state index is 6.27. The van der Waals surface area contributed by atoms with Crippen molar-refractivity contribution in [2.75, 3.05) is 11.9 Å². The predicted octanol–water partition coefficient (Wildman–Crippen LogP) is 3.46. The second-order valence-corrected chi connectivity index (χ2v) is 5.42. The first kappa shape index (κ1) is 10.9. The van der Waals surface area contributed by atoms with Crippen molar-refractivity contribution in [3.8, 4) is 0 Å². The van der Waals surface area contributed by atoms with Gasteiger partial charge in [0.2, 0.25) is 0 Å². The number of nitrogens with zero attached hydrogens (tertiary/aromatic N) is 2. The second kappa shape index (κ2) is 3.64. The van der Waals surface area contributed by atoms with Crippen LogP contribution in [0.25, 0.3) is 5.65 Å². The van der Waals surface area contributed by atoms with Gasteiger partial charge in [0, 0.05) is 18.7 Å². The Hall–Kier alpha value is -1.22. The van der Waals surface area contributed by atoms with Crippen molar-refractivity contribution in [3.05, 3.63) is 28.7 Å². The molecule has 0 aliphatic carbocycles. The quantitative estimate of drug-likeness (QED) is 0.775. The smallest absolute Gasteiger partial charge is 0.156 e. The molecule has 2 aromatic heterocycles. The summed E-state index contributed by atoms with van der Waals surface area (Å²) < 4.78 is 2.14. The standard InChI is InChI=1S/C13H16ClN3/c1-7-5-15-11-4-10(14)13-16-8(2)6-17(13)12(11)9(7)3/h4,6-7,9,15H,5H2,1-3H3/t7?,9-/m1/s1. The molecule has 0 radical (unpaired) electrons. The molecule has 1 unspecified atom stereocenters. The molecular weight excluding hydrogens is 234 g/mol. The number of rotatable bonds is 0. The van der Waals surface area contributed by atoms with Crippen LogP contribution >= 0.6 is 11.6 Å². The lowest BCUT2D eigenvalue weighted by Gasteiger charge is -2.30. The third-order valence-electron chi connectivity index (χ3n) is 3.75. The van der Waals surface area contributed by atoms with Gasteiger partial charge in [0.15, 0.2) is 5.65 Å². The third kappa shape index (κ3) is 1.53. The normalized spacial score (nSPS) is 23.5. The Morgan fingerprint density at radius 1 is 1.47 bits per heavy atom. The van der Waals surface area contributed by atoms with Crippen LogP contribution in [0.3, 0.4) is 0 Å². The van der Waals surface area contributed by atoms with Crippen molar-refractivity contribution < 1.29 is 0 Å². The zero-order valence-corrected chi connectivity index (χ0v) is 11.0. The summed E-state index contributed by atoms with van der Waals surface area (Å²) in [5, 5.41) is 4.17. The summed E-state index contributed by atoms with van der Waals surface area (Å²) in [7, 11) is 0. The highest BCUT2D eigenvalue weighted by Gasteiger charge is 2.26. The number of aryl methyl sites for hydroxylation is 1. The van der Waals surface area contributed by atoms with E-state index in [4.69, 9.17) is 11.6 Å². The largest absolute Gasteiger partial charge is 0.383 e. The van der Waals surface area contributed by atoms with E-state index in [1.807, 2.05) is 13.0 Å². The molecule has 0 fully saturated rings. The summed E-state index contributed by atoms with van der Waals surface area (Å²) >= 11 is 6.27. The first-order valence-corrected chi connectivity index (χ1v) is 6.37. The van der Waals surface area contributed by atoms with Gasteiger partial charge in [0.05, 0.1) is 22.1 Å². The SMILES string of the molecule is Cc1cn2c3c(cc(Cl)c2n1)NCC(C)[C@H]3C. The zero-order valence-electron chi connectivity index (χ0n) is 10.3. The van der Waals surface area contributed by atoms with Crippen LogP contribution in [0.2, 0.25) is 5.02 Å². The van der Waals surface area contributed by atoms with E-state index < -0.39 is 0 Å². The van der Waals surface area contributed by atoms with Gasteiger partial charge in [-0.15, -0.1) is 0 Å². The topological polar surface area (TPSA) is 29.3 Å². The fraction of sp³-hybridized carbons (Fsp3) is 0.462. The Labute approximate surface area is 106 Å². The summed E-state index contributed by atoms with van der Waals surface area (Å²) in [6.07, 6.45) is 2.07. The van der Waals surface area contributed by atoms with E-state index in [0.717, 1.165) is 23.6 Å². The molecular formula is C13H16ClN3. The lowest BCUT2D eigenvalue weighted by molar-refractivity contribution is 0.482. The number of fused-ring (bicyclic) bond motifs is 3. The molecule has 0 bridgehead atoms. The van der Waals surface area contributed by atoms with Gasteiger partial charge >= 0.3 is 0 Å².